The van der Waals surface area contributed by atoms with Crippen molar-refractivity contribution in [2.24, 2.45) is 38.1 Å². The molecule has 68 heavy (non-hydrogen) atoms. The minimum Gasteiger partial charge on any atom is -0.481 e. The fraction of sp³-hybridized carbons (Fsp3) is 0.750. The van der Waals surface area contributed by atoms with E-state index in [9.17, 15) is 43.5 Å². The summed E-state index contributed by atoms with van der Waals surface area (Å²) in [5, 5.41) is 26.3. The van der Waals surface area contributed by atoms with Gasteiger partial charge in [0, 0.05) is 59.7 Å². The number of carbonyl (C=O) groups is 8. The van der Waals surface area contributed by atoms with Crippen LogP contribution < -0.4 is 49.1 Å². The minimum absolute atomic E-state index is 0.111. The second-order valence-corrected chi connectivity index (χ2v) is 18.0. The van der Waals surface area contributed by atoms with E-state index in [0.29, 0.717) is 63.9 Å². The van der Waals surface area contributed by atoms with E-state index in [4.69, 9.17) is 21.9 Å². The zero-order valence-electron chi connectivity index (χ0n) is 41.2. The monoisotopic (exact) mass is 963 g/mol. The van der Waals surface area contributed by atoms with Crippen LogP contribution in [0.5, 0.6) is 0 Å². The molecule has 2 rings (SSSR count). The quantitative estimate of drug-likeness (QED) is 0.0288. The number of aliphatic imine (C=N–C) groups is 3. The highest BCUT2D eigenvalue weighted by molar-refractivity contribution is 5.97. The van der Waals surface area contributed by atoms with Crippen molar-refractivity contribution >= 4 is 65.1 Å². The van der Waals surface area contributed by atoms with E-state index in [2.05, 4.69) is 46.9 Å². The van der Waals surface area contributed by atoms with Crippen LogP contribution in [0.2, 0.25) is 0 Å². The van der Waals surface area contributed by atoms with Gasteiger partial charge in [-0.05, 0) is 98.8 Å². The molecule has 13 N–H and O–H groups in total. The Morgan fingerprint density at radius 2 is 1.21 bits per heavy atom. The van der Waals surface area contributed by atoms with Crippen LogP contribution in [0, 0.1) is 5.92 Å². The lowest BCUT2D eigenvalue weighted by Crippen LogP contribution is -2.58. The molecule has 7 atom stereocenters. The molecule has 0 aromatic heterocycles. The second kappa shape index (κ2) is 28.8. The van der Waals surface area contributed by atoms with Crippen LogP contribution in [0.4, 0.5) is 4.79 Å². The number of aliphatic carboxylic acids is 1. The molecule has 7 unspecified atom stereocenters. The molecule has 24 nitrogen and oxygen atoms in total. The van der Waals surface area contributed by atoms with Crippen molar-refractivity contribution < 1.29 is 48.2 Å². The predicted octanol–water partition coefficient (Wildman–Crippen LogP) is -0.808. The predicted molar refractivity (Wildman–Crippen MR) is 256 cm³/mol. The molecule has 0 aromatic carbocycles. The van der Waals surface area contributed by atoms with Crippen molar-refractivity contribution in [1.29, 1.82) is 0 Å². The third-order valence-corrected chi connectivity index (χ3v) is 11.5. The number of hydrogen-bond acceptors (Lipinski definition) is 12. The Kier molecular flexibility index (Phi) is 24.6. The van der Waals surface area contributed by atoms with Crippen LogP contribution in [0.1, 0.15) is 119 Å². The molecule has 2 fully saturated rings. The Hall–Kier alpha value is -6.23. The number of amides is 6. The van der Waals surface area contributed by atoms with Gasteiger partial charge in [-0.1, -0.05) is 6.92 Å². The van der Waals surface area contributed by atoms with Crippen molar-refractivity contribution in [3.8, 4) is 0 Å². The summed E-state index contributed by atoms with van der Waals surface area (Å²) in [6, 6.07) is -6.35. The topological polar surface area (TPSA) is 360 Å². The highest BCUT2D eigenvalue weighted by Crippen LogP contribution is 2.23. The summed E-state index contributed by atoms with van der Waals surface area (Å²) in [6.45, 7) is 11.2. The van der Waals surface area contributed by atoms with Crippen LogP contribution in [0.3, 0.4) is 0 Å². The summed E-state index contributed by atoms with van der Waals surface area (Å²) in [5.74, 6) is -4.74. The van der Waals surface area contributed by atoms with Gasteiger partial charge in [0.05, 0.1) is 17.8 Å². The minimum atomic E-state index is -1.17. The number of Topliss-reactive ketones (excluding diaryl/α,β-unsaturated/α-hetero) is 1. The van der Waals surface area contributed by atoms with Crippen LogP contribution in [-0.2, 0) is 38.3 Å². The lowest BCUT2D eigenvalue weighted by Gasteiger charge is -2.31. The Labute approximate surface area is 399 Å². The number of rotatable bonds is 26. The molecular formula is C44H78N14O10. The first-order valence-electron chi connectivity index (χ1n) is 23.5. The molecule has 2 saturated heterocycles. The number of guanidine groups is 2. The first-order chi connectivity index (χ1) is 32.0. The summed E-state index contributed by atoms with van der Waals surface area (Å²) in [5.41, 5.74) is 16.4. The van der Waals surface area contributed by atoms with E-state index in [-0.39, 0.29) is 63.7 Å². The molecule has 24 heteroatoms. The summed E-state index contributed by atoms with van der Waals surface area (Å²) in [7, 11) is 3.03. The maximum absolute atomic E-state index is 14.3. The Balaban J connectivity index is 2.19. The number of alkyl carbamates (subject to hydrolysis) is 1. The van der Waals surface area contributed by atoms with Crippen molar-refractivity contribution in [2.75, 3.05) is 46.8 Å². The van der Waals surface area contributed by atoms with Gasteiger partial charge < -0.3 is 68.7 Å². The summed E-state index contributed by atoms with van der Waals surface area (Å²) < 4.78 is 5.41. The summed E-state index contributed by atoms with van der Waals surface area (Å²) in [6.07, 6.45) is 2.56. The van der Waals surface area contributed by atoms with E-state index in [1.807, 2.05) is 6.92 Å². The van der Waals surface area contributed by atoms with Crippen molar-refractivity contribution in [1.82, 2.24) is 41.7 Å². The summed E-state index contributed by atoms with van der Waals surface area (Å²) in [4.78, 5) is 122. The van der Waals surface area contributed by atoms with Gasteiger partial charge in [-0.15, -0.1) is 0 Å². The second-order valence-electron chi connectivity index (χ2n) is 18.0. The molecular weight excluding hydrogens is 885 g/mol. The molecule has 0 aliphatic carbocycles. The maximum atomic E-state index is 14.3. The number of amidine groups is 1. The van der Waals surface area contributed by atoms with Gasteiger partial charge in [-0.3, -0.25) is 48.5 Å². The molecule has 2 aliphatic rings. The number of ketones is 1. The normalized spacial score (nSPS) is 18.9. The van der Waals surface area contributed by atoms with E-state index in [1.165, 1.54) is 37.7 Å². The van der Waals surface area contributed by atoms with Crippen LogP contribution in [0.15, 0.2) is 15.0 Å². The van der Waals surface area contributed by atoms with E-state index < -0.39 is 95.2 Å². The Morgan fingerprint density at radius 1 is 0.721 bits per heavy atom. The number of carboxylic acid groups (broad SMARTS) is 1. The van der Waals surface area contributed by atoms with Gasteiger partial charge in [0.25, 0.3) is 0 Å². The Morgan fingerprint density at radius 3 is 1.69 bits per heavy atom. The zero-order chi connectivity index (χ0) is 51.1. The number of nitrogens with one attached hydrogen (secondary N) is 6. The molecule has 0 saturated carbocycles. The lowest BCUT2D eigenvalue weighted by molar-refractivity contribution is -0.144. The average Bonchev–Trinajstić information content (AvgIpc) is 3.99. The lowest BCUT2D eigenvalue weighted by atomic mass is 9.94. The molecule has 2 aliphatic heterocycles. The Bertz CT molecular complexity index is 1840. The number of likely N-dealkylation sites (tertiary alicyclic amines) is 2. The molecule has 384 valence electrons. The molecule has 6 amide bonds. The molecule has 0 bridgehead atoms. The van der Waals surface area contributed by atoms with Gasteiger partial charge in [0.15, 0.2) is 17.7 Å². The number of ether oxygens (including phenoxy) is 1. The third-order valence-electron chi connectivity index (χ3n) is 11.5. The highest BCUT2D eigenvalue weighted by atomic mass is 16.6. The average molecular weight is 963 g/mol. The number of nitrogens with zero attached hydrogens (tertiary/aromatic N) is 5. The van der Waals surface area contributed by atoms with Crippen molar-refractivity contribution in [2.45, 2.75) is 160 Å². The van der Waals surface area contributed by atoms with Crippen molar-refractivity contribution in [3.63, 3.8) is 0 Å². The standard InChI is InChI=1S/C44H78N14O10/c1-9-34(45)50-20-11-16-29(38(63)57-23-13-18-31(57)36(61)53-26(2)33(59)25-28(40(65)66)15-10-21-51-41(46)48-7)55-35(60)27(3)54-37(62)32-19-14-24-58(32)39(64)30(17-12-22-52-42(47)49-8)56-43(67)68-44(4,5)6/h26-32H,9-25H2,1-8H3,(H2,45,50)(H,53,61)(H,54,62)(H,55,60)(H,56,67)(H,65,66)(H3,46,48,51)(H3,47,49,52). The fourth-order valence-electron chi connectivity index (χ4n) is 7.64. The van der Waals surface area contributed by atoms with Crippen LogP contribution in [-0.4, -0.2) is 169 Å². The van der Waals surface area contributed by atoms with Crippen LogP contribution >= 0.6 is 0 Å². The van der Waals surface area contributed by atoms with E-state index in [1.54, 1.807) is 20.8 Å². The van der Waals surface area contributed by atoms with Gasteiger partial charge in [0.1, 0.15) is 35.8 Å². The number of carbonyl (C=O) groups excluding carboxylic acids is 7. The molecule has 2 heterocycles. The van der Waals surface area contributed by atoms with Gasteiger partial charge >= 0.3 is 12.1 Å². The van der Waals surface area contributed by atoms with Crippen LogP contribution in [0.25, 0.3) is 0 Å². The van der Waals surface area contributed by atoms with Gasteiger partial charge in [0.2, 0.25) is 29.5 Å². The zero-order valence-corrected chi connectivity index (χ0v) is 41.2. The van der Waals surface area contributed by atoms with Gasteiger partial charge in [-0.25, -0.2) is 4.79 Å². The van der Waals surface area contributed by atoms with E-state index >= 15 is 0 Å². The third kappa shape index (κ3) is 19.9. The number of carboxylic acids is 1. The van der Waals surface area contributed by atoms with E-state index in [0.717, 1.165) is 0 Å². The first kappa shape index (κ1) is 57.9. The number of hydrogen-bond donors (Lipinski definition) is 10. The summed E-state index contributed by atoms with van der Waals surface area (Å²) >= 11 is 0. The molecule has 0 radical (unpaired) electrons. The smallest absolute Gasteiger partial charge is 0.408 e. The maximum Gasteiger partial charge on any atom is 0.408 e. The van der Waals surface area contributed by atoms with Gasteiger partial charge in [-0.2, -0.15) is 0 Å². The SMILES string of the molecule is CCC(N)=NCCCC(NC(=O)C(C)NC(=O)C1CCCN1C(=O)C(CCCNC(N)=NC)NC(=O)OC(C)(C)C)C(=O)N1CCCC1C(=O)NC(C)C(=O)CC(CCCNC(N)=NC)C(=O)O. The van der Waals surface area contributed by atoms with Crippen molar-refractivity contribution in [3.05, 3.63) is 0 Å². The first-order valence-corrected chi connectivity index (χ1v) is 23.5. The highest BCUT2D eigenvalue weighted by Gasteiger charge is 2.41. The molecule has 0 spiro atoms. The molecule has 0 aromatic rings. The number of nitrogens with two attached hydrogens (primary N) is 3. The fourth-order valence-corrected chi connectivity index (χ4v) is 7.64. The largest absolute Gasteiger partial charge is 0.481 e.